The Morgan fingerprint density at radius 1 is 1.18 bits per heavy atom. The van der Waals surface area contributed by atoms with Gasteiger partial charge in [-0.2, -0.15) is 0 Å². The number of carbonyl (C=O) groups excluding carboxylic acids is 3. The highest BCUT2D eigenvalue weighted by molar-refractivity contribution is 5.94. The lowest BCUT2D eigenvalue weighted by Gasteiger charge is -2.30. The number of fused-ring (bicyclic) bond motifs is 3. The van der Waals surface area contributed by atoms with E-state index < -0.39 is 12.1 Å². The standard InChI is InChI=1S/C30H38N4O5/c1-3-17-38-30(37)32-27-13-8-16-33(2)28(35)23-11-7-12-26(18-23)39-21-25-19-24(20-34(25)29(27)36)31-15-14-22-9-5-4-6-10-22/h3-7,9-12,18,24-25,27,31H,1,8,13-17,19-21H2,2H3,(H,32,37)/t24-,25-,27-/m0/s1. The molecule has 0 radical (unpaired) electrons. The van der Waals surface area contributed by atoms with Crippen molar-refractivity contribution in [3.63, 3.8) is 0 Å². The number of hydrogen-bond acceptors (Lipinski definition) is 6. The Labute approximate surface area is 230 Å². The fourth-order valence-corrected chi connectivity index (χ4v) is 5.10. The van der Waals surface area contributed by atoms with Crippen molar-refractivity contribution in [2.75, 3.05) is 39.9 Å². The molecule has 2 bridgehead atoms. The maximum Gasteiger partial charge on any atom is 0.408 e. The molecule has 1 saturated heterocycles. The monoisotopic (exact) mass is 534 g/mol. The zero-order valence-electron chi connectivity index (χ0n) is 22.5. The van der Waals surface area contributed by atoms with Crippen molar-refractivity contribution >= 4 is 17.9 Å². The minimum Gasteiger partial charge on any atom is -0.491 e. The Bertz CT molecular complexity index is 1140. The van der Waals surface area contributed by atoms with Crippen LogP contribution in [-0.4, -0.2) is 85.7 Å². The maximum absolute atomic E-state index is 13.8. The van der Waals surface area contributed by atoms with Crippen LogP contribution in [0, 0.1) is 0 Å². The van der Waals surface area contributed by atoms with Crippen LogP contribution in [-0.2, 0) is 16.0 Å². The van der Waals surface area contributed by atoms with Crippen LogP contribution in [0.15, 0.2) is 67.3 Å². The highest BCUT2D eigenvalue weighted by Crippen LogP contribution is 2.23. The summed E-state index contributed by atoms with van der Waals surface area (Å²) in [5.74, 6) is 0.289. The van der Waals surface area contributed by atoms with Gasteiger partial charge in [0, 0.05) is 31.7 Å². The van der Waals surface area contributed by atoms with E-state index in [1.54, 1.807) is 24.1 Å². The molecule has 4 rings (SSSR count). The summed E-state index contributed by atoms with van der Waals surface area (Å²) >= 11 is 0. The van der Waals surface area contributed by atoms with Gasteiger partial charge in [-0.1, -0.05) is 49.1 Å². The van der Waals surface area contributed by atoms with Crippen LogP contribution < -0.4 is 15.4 Å². The van der Waals surface area contributed by atoms with Gasteiger partial charge in [-0.3, -0.25) is 9.59 Å². The largest absolute Gasteiger partial charge is 0.491 e. The van der Waals surface area contributed by atoms with Gasteiger partial charge in [-0.15, -0.1) is 0 Å². The van der Waals surface area contributed by atoms with E-state index in [-0.39, 0.29) is 37.1 Å². The van der Waals surface area contributed by atoms with Crippen LogP contribution in [0.4, 0.5) is 4.79 Å². The van der Waals surface area contributed by atoms with Crippen LogP contribution in [0.25, 0.3) is 0 Å². The predicted octanol–water partition coefficient (Wildman–Crippen LogP) is 3.01. The number of nitrogens with zero attached hydrogens (tertiary/aromatic N) is 2. The first-order chi connectivity index (χ1) is 18.9. The molecule has 208 valence electrons. The lowest BCUT2D eigenvalue weighted by molar-refractivity contribution is -0.135. The molecule has 39 heavy (non-hydrogen) atoms. The second kappa shape index (κ2) is 13.8. The summed E-state index contributed by atoms with van der Waals surface area (Å²) in [4.78, 5) is 42.6. The zero-order chi connectivity index (χ0) is 27.6. The number of rotatable bonds is 7. The van der Waals surface area contributed by atoms with Crippen molar-refractivity contribution in [1.82, 2.24) is 20.4 Å². The minimum atomic E-state index is -0.780. The number of benzene rings is 2. The second-order valence-electron chi connectivity index (χ2n) is 10.1. The third-order valence-corrected chi connectivity index (χ3v) is 7.17. The molecule has 0 aliphatic carbocycles. The highest BCUT2D eigenvalue weighted by atomic mass is 16.5. The van der Waals surface area contributed by atoms with Crippen molar-refractivity contribution in [2.45, 2.75) is 43.8 Å². The summed E-state index contributed by atoms with van der Waals surface area (Å²) in [6.45, 7) is 5.63. The molecule has 3 atom stereocenters. The van der Waals surface area contributed by atoms with E-state index in [1.165, 1.54) is 11.6 Å². The SMILES string of the molecule is C=CCOC(=O)N[C@H]1CCCN(C)C(=O)c2cccc(c2)OC[C@@H]2C[C@H](NCCc3ccccc3)CN2C1=O. The molecule has 0 aromatic heterocycles. The number of hydrogen-bond donors (Lipinski definition) is 2. The average Bonchev–Trinajstić information content (AvgIpc) is 3.36. The summed E-state index contributed by atoms with van der Waals surface area (Å²) in [6.07, 6.45) is 3.32. The molecule has 0 saturated carbocycles. The van der Waals surface area contributed by atoms with E-state index in [1.807, 2.05) is 35.2 Å². The molecule has 0 spiro atoms. The van der Waals surface area contributed by atoms with E-state index in [2.05, 4.69) is 29.3 Å². The van der Waals surface area contributed by atoms with E-state index >= 15 is 0 Å². The zero-order valence-corrected chi connectivity index (χ0v) is 22.5. The molecule has 3 amide bonds. The second-order valence-corrected chi connectivity index (χ2v) is 10.1. The first-order valence-corrected chi connectivity index (χ1v) is 13.5. The Morgan fingerprint density at radius 3 is 2.79 bits per heavy atom. The molecule has 2 aliphatic heterocycles. The van der Waals surface area contributed by atoms with Crippen molar-refractivity contribution in [1.29, 1.82) is 0 Å². The summed E-state index contributed by atoms with van der Waals surface area (Å²) in [5, 5.41) is 6.34. The Morgan fingerprint density at radius 2 is 2.00 bits per heavy atom. The first-order valence-electron chi connectivity index (χ1n) is 13.5. The molecule has 9 nitrogen and oxygen atoms in total. The molecule has 2 N–H and O–H groups in total. The van der Waals surface area contributed by atoms with Gasteiger partial charge in [0.2, 0.25) is 5.91 Å². The van der Waals surface area contributed by atoms with Crippen LogP contribution in [0.5, 0.6) is 5.75 Å². The van der Waals surface area contributed by atoms with Crippen molar-refractivity contribution in [2.24, 2.45) is 0 Å². The topological polar surface area (TPSA) is 100 Å². The van der Waals surface area contributed by atoms with E-state index in [9.17, 15) is 14.4 Å². The smallest absolute Gasteiger partial charge is 0.408 e. The number of ether oxygens (including phenoxy) is 2. The number of alkyl carbamates (subject to hydrolysis) is 1. The van der Waals surface area contributed by atoms with Crippen molar-refractivity contribution < 1.29 is 23.9 Å². The Kier molecular flexibility index (Phi) is 9.97. The van der Waals surface area contributed by atoms with Crippen LogP contribution in [0.2, 0.25) is 0 Å². The summed E-state index contributed by atoms with van der Waals surface area (Å²) in [6, 6.07) is 16.5. The van der Waals surface area contributed by atoms with Gasteiger partial charge in [0.25, 0.3) is 5.91 Å². The quantitative estimate of drug-likeness (QED) is 0.530. The third-order valence-electron chi connectivity index (χ3n) is 7.17. The van der Waals surface area contributed by atoms with E-state index in [0.29, 0.717) is 37.2 Å². The van der Waals surface area contributed by atoms with Crippen molar-refractivity contribution in [3.8, 4) is 5.75 Å². The summed E-state index contributed by atoms with van der Waals surface area (Å²) in [5.41, 5.74) is 1.80. The van der Waals surface area contributed by atoms with Gasteiger partial charge in [0.15, 0.2) is 0 Å². The fraction of sp³-hybridized carbons (Fsp3) is 0.433. The molecular formula is C30H38N4O5. The minimum absolute atomic E-state index is 0.0509. The fourth-order valence-electron chi connectivity index (χ4n) is 5.10. The average molecular weight is 535 g/mol. The van der Waals surface area contributed by atoms with E-state index in [0.717, 1.165) is 19.4 Å². The molecular weight excluding hydrogens is 496 g/mol. The molecule has 9 heteroatoms. The molecule has 2 aromatic rings. The number of amides is 3. The molecule has 0 unspecified atom stereocenters. The van der Waals surface area contributed by atoms with E-state index in [4.69, 9.17) is 9.47 Å². The molecule has 1 fully saturated rings. The number of nitrogens with one attached hydrogen (secondary N) is 2. The van der Waals surface area contributed by atoms with Crippen LogP contribution in [0.1, 0.15) is 35.2 Å². The van der Waals surface area contributed by atoms with Crippen LogP contribution >= 0.6 is 0 Å². The molecule has 2 aliphatic rings. The van der Waals surface area contributed by atoms with Gasteiger partial charge in [-0.05, 0) is 56.0 Å². The lowest BCUT2D eigenvalue weighted by atomic mass is 10.1. The lowest BCUT2D eigenvalue weighted by Crippen LogP contribution is -2.52. The van der Waals surface area contributed by atoms with Gasteiger partial charge < -0.3 is 29.9 Å². The summed E-state index contributed by atoms with van der Waals surface area (Å²) in [7, 11) is 1.73. The maximum atomic E-state index is 13.8. The third kappa shape index (κ3) is 7.83. The summed E-state index contributed by atoms with van der Waals surface area (Å²) < 4.78 is 11.2. The predicted molar refractivity (Wildman–Crippen MR) is 149 cm³/mol. The Hall–Kier alpha value is -3.85. The first kappa shape index (κ1) is 28.2. The Balaban J connectivity index is 1.51. The number of carbonyl (C=O) groups is 3. The molecule has 2 heterocycles. The van der Waals surface area contributed by atoms with Gasteiger partial charge in [-0.25, -0.2) is 4.79 Å². The molecule has 2 aromatic carbocycles. The van der Waals surface area contributed by atoms with Gasteiger partial charge in [0.05, 0.1) is 6.04 Å². The van der Waals surface area contributed by atoms with Gasteiger partial charge in [0.1, 0.15) is 25.0 Å². The highest BCUT2D eigenvalue weighted by Gasteiger charge is 2.39. The normalized spacial score (nSPS) is 21.9. The van der Waals surface area contributed by atoms with Crippen LogP contribution in [0.3, 0.4) is 0 Å². The van der Waals surface area contributed by atoms with Gasteiger partial charge >= 0.3 is 6.09 Å². The van der Waals surface area contributed by atoms with Crippen molar-refractivity contribution in [3.05, 3.63) is 78.4 Å².